The van der Waals surface area contributed by atoms with Gasteiger partial charge in [-0.05, 0) is 77.5 Å². The molecule has 0 aliphatic rings. The molecule has 4 nitrogen and oxygen atoms in total. The first-order chi connectivity index (χ1) is 29.1. The van der Waals surface area contributed by atoms with Gasteiger partial charge in [0.25, 0.3) is 0 Å². The molecule has 0 aliphatic carbocycles. The molecule has 10 rings (SSSR count). The third kappa shape index (κ3) is 7.20. The molecule has 4 heteroatoms. The molecule has 8 aromatic carbocycles. The summed E-state index contributed by atoms with van der Waals surface area (Å²) in [7, 11) is 0. The minimum atomic E-state index is 0.696. The van der Waals surface area contributed by atoms with E-state index in [9.17, 15) is 0 Å². The summed E-state index contributed by atoms with van der Waals surface area (Å²) >= 11 is 0. The zero-order valence-electron chi connectivity index (χ0n) is 32.9. The normalized spacial score (nSPS) is 10.9. The van der Waals surface area contributed by atoms with Crippen LogP contribution >= 0.6 is 0 Å². The van der Waals surface area contributed by atoms with Gasteiger partial charge in [0, 0.05) is 44.2 Å². The first-order valence-electron chi connectivity index (χ1n) is 19.8. The summed E-state index contributed by atoms with van der Waals surface area (Å²) in [6.45, 7) is 9.42. The molecule has 0 spiro atoms. The Morgan fingerprint density at radius 2 is 1.07 bits per heavy atom. The van der Waals surface area contributed by atoms with E-state index in [1.54, 1.807) is 6.08 Å². The highest BCUT2D eigenvalue weighted by molar-refractivity contribution is 6.25. The minimum absolute atomic E-state index is 0.696. The highest BCUT2D eigenvalue weighted by atomic mass is 15.0. The Balaban J connectivity index is 0.00000145. The molecule has 1 N–H and O–H groups in total. The maximum Gasteiger partial charge on any atom is 0.160 e. The maximum absolute atomic E-state index is 5.08. The molecule has 0 atom stereocenters. The van der Waals surface area contributed by atoms with Gasteiger partial charge < -0.3 is 9.88 Å². The van der Waals surface area contributed by atoms with Crippen LogP contribution in [-0.2, 0) is 0 Å². The number of benzene rings is 8. The molecule has 0 saturated carbocycles. The number of rotatable bonds is 8. The summed E-state index contributed by atoms with van der Waals surface area (Å²) in [6, 6.07) is 68.0. The number of nitrogens with one attached hydrogen (secondary N) is 1. The number of fused-ring (bicyclic) bond motifs is 5. The van der Waals surface area contributed by atoms with Gasteiger partial charge in [0.2, 0.25) is 0 Å². The van der Waals surface area contributed by atoms with Crippen molar-refractivity contribution in [1.82, 2.24) is 14.5 Å². The van der Waals surface area contributed by atoms with Crippen LogP contribution in [0, 0.1) is 0 Å². The molecule has 0 bridgehead atoms. The average molecular weight is 759 g/mol. The first kappa shape index (κ1) is 36.8. The molecule has 282 valence electrons. The minimum Gasteiger partial charge on any atom is -0.355 e. The Labute approximate surface area is 345 Å². The third-order valence-electron chi connectivity index (χ3n) is 10.6. The van der Waals surface area contributed by atoms with E-state index in [0.29, 0.717) is 5.82 Å². The van der Waals surface area contributed by atoms with E-state index in [1.165, 1.54) is 21.5 Å². The number of nitrogens with zero attached hydrogens (tertiary/aromatic N) is 3. The van der Waals surface area contributed by atoms with E-state index >= 15 is 0 Å². The quantitative estimate of drug-likeness (QED) is 0.157. The predicted molar refractivity (Wildman–Crippen MR) is 251 cm³/mol. The Morgan fingerprint density at radius 3 is 1.73 bits per heavy atom. The van der Waals surface area contributed by atoms with E-state index < -0.39 is 0 Å². The van der Waals surface area contributed by atoms with Crippen molar-refractivity contribution in [1.29, 1.82) is 0 Å². The second-order valence-electron chi connectivity index (χ2n) is 14.4. The summed E-state index contributed by atoms with van der Waals surface area (Å²) in [6.07, 6.45) is 3.69. The van der Waals surface area contributed by atoms with Crippen molar-refractivity contribution in [2.75, 3.05) is 5.32 Å². The summed E-state index contributed by atoms with van der Waals surface area (Å²) in [5, 5.41) is 8.52. The van der Waals surface area contributed by atoms with Gasteiger partial charge in [0.1, 0.15) is 0 Å². The molecule has 59 heavy (non-hydrogen) atoms. The fourth-order valence-electron chi connectivity index (χ4n) is 7.87. The van der Waals surface area contributed by atoms with E-state index in [-0.39, 0.29) is 0 Å². The molecule has 0 aliphatic heterocycles. The van der Waals surface area contributed by atoms with E-state index in [2.05, 4.69) is 175 Å². The molecule has 0 fully saturated rings. The highest BCUT2D eigenvalue weighted by Gasteiger charge is 2.19. The summed E-state index contributed by atoms with van der Waals surface area (Å²) < 4.78 is 2.38. The van der Waals surface area contributed by atoms with Crippen molar-refractivity contribution in [3.8, 4) is 50.7 Å². The molecule has 2 aromatic heterocycles. The predicted octanol–water partition coefficient (Wildman–Crippen LogP) is 15.0. The number of allylic oxidation sites excluding steroid dienone is 1. The van der Waals surface area contributed by atoms with E-state index in [4.69, 9.17) is 9.97 Å². The number of anilines is 2. The third-order valence-corrected chi connectivity index (χ3v) is 10.6. The van der Waals surface area contributed by atoms with Crippen LogP contribution < -0.4 is 5.32 Å². The fraction of sp³-hybridized carbons (Fsp3) is 0.0182. The lowest BCUT2D eigenvalue weighted by Gasteiger charge is -2.15. The molecule has 10 aromatic rings. The van der Waals surface area contributed by atoms with Gasteiger partial charge in [-0.3, -0.25) is 0 Å². The molecule has 0 saturated heterocycles. The lowest BCUT2D eigenvalue weighted by molar-refractivity contribution is 1.18. The highest BCUT2D eigenvalue weighted by Crippen LogP contribution is 2.42. The van der Waals surface area contributed by atoms with Gasteiger partial charge in [-0.2, -0.15) is 0 Å². The van der Waals surface area contributed by atoms with Crippen LogP contribution in [-0.4, -0.2) is 14.5 Å². The number of para-hydroxylation sites is 2. The number of aromatic nitrogens is 3. The second kappa shape index (κ2) is 16.3. The second-order valence-corrected chi connectivity index (χ2v) is 14.4. The van der Waals surface area contributed by atoms with Crippen LogP contribution in [0.5, 0.6) is 0 Å². The molecular weight excluding hydrogens is 717 g/mol. The first-order valence-corrected chi connectivity index (χ1v) is 19.8. The van der Waals surface area contributed by atoms with Crippen LogP contribution in [0.1, 0.15) is 12.5 Å². The van der Waals surface area contributed by atoms with Gasteiger partial charge in [0.15, 0.2) is 5.82 Å². The lowest BCUT2D eigenvalue weighted by Crippen LogP contribution is -1.96. The number of hydrogen-bond donors (Lipinski definition) is 1. The Bertz CT molecular complexity index is 3030. The summed E-state index contributed by atoms with van der Waals surface area (Å²) in [4.78, 5) is 10.2. The van der Waals surface area contributed by atoms with Crippen molar-refractivity contribution < 1.29 is 0 Å². The Hall–Kier alpha value is -7.82. The lowest BCUT2D eigenvalue weighted by atomic mass is 9.98. The smallest absolute Gasteiger partial charge is 0.160 e. The van der Waals surface area contributed by atoms with Crippen molar-refractivity contribution in [2.24, 2.45) is 0 Å². The fourth-order valence-corrected chi connectivity index (χ4v) is 7.87. The summed E-state index contributed by atoms with van der Waals surface area (Å²) in [5.41, 5.74) is 13.7. The van der Waals surface area contributed by atoms with Gasteiger partial charge in [-0.1, -0.05) is 164 Å². The molecule has 2 heterocycles. The molecule has 0 unspecified atom stereocenters. The van der Waals surface area contributed by atoms with Crippen LogP contribution in [0.3, 0.4) is 0 Å². The van der Waals surface area contributed by atoms with Gasteiger partial charge in [-0.25, -0.2) is 9.97 Å². The van der Waals surface area contributed by atoms with Crippen LogP contribution in [0.15, 0.2) is 213 Å². The van der Waals surface area contributed by atoms with Crippen LogP contribution in [0.4, 0.5) is 11.4 Å². The number of hydrogen-bond acceptors (Lipinski definition) is 3. The van der Waals surface area contributed by atoms with Crippen molar-refractivity contribution >= 4 is 50.0 Å². The van der Waals surface area contributed by atoms with Gasteiger partial charge >= 0.3 is 0 Å². The van der Waals surface area contributed by atoms with E-state index in [0.717, 1.165) is 72.9 Å². The van der Waals surface area contributed by atoms with Gasteiger partial charge in [0.05, 0.1) is 28.1 Å². The maximum atomic E-state index is 5.08. The van der Waals surface area contributed by atoms with Crippen molar-refractivity contribution in [3.05, 3.63) is 219 Å². The van der Waals surface area contributed by atoms with Crippen LogP contribution in [0.25, 0.3) is 89.4 Å². The van der Waals surface area contributed by atoms with Crippen molar-refractivity contribution in [3.63, 3.8) is 0 Å². The topological polar surface area (TPSA) is 42.7 Å². The zero-order chi connectivity index (χ0) is 40.1. The Morgan fingerprint density at radius 1 is 0.492 bits per heavy atom. The van der Waals surface area contributed by atoms with Gasteiger partial charge in [-0.15, -0.1) is 6.58 Å². The molecule has 0 radical (unpaired) electrons. The SMILES string of the molecule is C=CC.C=Cc1ccc2ccc3c(c4ccccc4n3-c3ccc(-c4cccc(-c5nc(-c6ccccc6)cc(-c6ccccc6)n5)c4)cc3)c2c1Nc1ccccc1. The van der Waals surface area contributed by atoms with Crippen molar-refractivity contribution in [2.45, 2.75) is 6.92 Å². The zero-order valence-corrected chi connectivity index (χ0v) is 32.9. The summed E-state index contributed by atoms with van der Waals surface area (Å²) in [5.74, 6) is 0.696. The molecular formula is C55H42N4. The average Bonchev–Trinajstić information content (AvgIpc) is 3.65. The van der Waals surface area contributed by atoms with E-state index in [1.807, 2.05) is 55.5 Å². The van der Waals surface area contributed by atoms with Crippen LogP contribution in [0.2, 0.25) is 0 Å². The Kier molecular flexibility index (Phi) is 10.2. The molecule has 0 amide bonds. The standard InChI is InChI=1S/C52H36N4.C3H6/c1-2-35-25-26-39-29-32-48-50(49(39)51(35)53-42-21-10-5-11-22-42)44-23-12-13-24-47(44)56(48)43-30-27-36(28-31-43)40-19-14-20-41(33-40)52-54-45(37-15-6-3-7-16-37)34-46(55-52)38-17-8-4-9-18-38;1-3-2/h2-34,53H,1H2;3H,1H2,2H3. The largest absolute Gasteiger partial charge is 0.355 e. The monoisotopic (exact) mass is 758 g/mol.